The summed E-state index contributed by atoms with van der Waals surface area (Å²) in [7, 11) is 0. The molecule has 17 heteroatoms. The van der Waals surface area contributed by atoms with Crippen LogP contribution in [0, 0.1) is 68.0 Å². The number of hydrogen-bond acceptors (Lipinski definition) is 8. The molecule has 0 aliphatic rings. The smallest absolute Gasteiger partial charge is 0.762 e. The summed E-state index contributed by atoms with van der Waals surface area (Å²) in [5, 5.41) is 68.2. The number of hydrogen-bond donors (Lipinski definition) is 0. The molecule has 0 aliphatic carbocycles. The third-order valence-electron chi connectivity index (χ3n) is 2.38. The van der Waals surface area contributed by atoms with Crippen LogP contribution in [-0.2, 0) is 70.8 Å². The summed E-state index contributed by atoms with van der Waals surface area (Å²) < 4.78 is 9.76. The van der Waals surface area contributed by atoms with Gasteiger partial charge in [0.15, 0.2) is 22.7 Å². The van der Waals surface area contributed by atoms with Gasteiger partial charge in [-0.2, -0.15) is 31.6 Å². The Labute approximate surface area is 233 Å². The molecule has 0 aromatic carbocycles. The van der Waals surface area contributed by atoms with Gasteiger partial charge in [-0.1, -0.05) is 0 Å². The topological polar surface area (TPSA) is 339 Å². The van der Waals surface area contributed by atoms with Crippen LogP contribution in [0.25, 0.3) is 23.1 Å². The van der Waals surface area contributed by atoms with Crippen LogP contribution in [0.2, 0.25) is 0 Å². The van der Waals surface area contributed by atoms with Crippen molar-refractivity contribution < 1.29 is 70.8 Å². The van der Waals surface area contributed by atoms with Crippen molar-refractivity contribution >= 4 is 11.7 Å². The second-order valence-corrected chi connectivity index (χ2v) is 3.92. The van der Waals surface area contributed by atoms with Crippen LogP contribution in [0.1, 0.15) is 13.8 Å². The fraction of sp³-hybridized carbons (Fsp3) is 0.222. The monoisotopic (exact) mass is 617 g/mol. The summed E-state index contributed by atoms with van der Waals surface area (Å²) in [4.78, 5) is 0. The van der Waals surface area contributed by atoms with Crippen LogP contribution >= 0.6 is 0 Å². The SMILES string of the molecule is CCOC(C(=C=[N-])C#N)=C(C#N)C#N.CCOC(C(=C=[N-])C#N)=C(C#N)C#N.[Co+2].[Co+2].[Co+2].[NH2-].[NH2-].[OH3+].[OH3+]. The standard InChI is InChI=1S/2C9H5N4O.3Co.2H2N.2H2O/c2*1-2-14-9(7(3-10)4-11)8(5-12)6-13;;;;;;;/h2*2H2,1H3;;;;4*1H2/q2*-1;3*+2;2*-1;;/p+2. The average Bonchev–Trinajstić information content (AvgIpc) is 2.72. The van der Waals surface area contributed by atoms with Crippen molar-refractivity contribution in [3.8, 4) is 36.4 Å². The molecule has 10 N–H and O–H groups in total. The molecule has 0 aromatic rings. The zero-order valence-corrected chi connectivity index (χ0v) is 21.2. The van der Waals surface area contributed by atoms with Gasteiger partial charge in [-0.15, -0.1) is 0 Å². The Bertz CT molecular complexity index is 919. The van der Waals surface area contributed by atoms with E-state index in [1.54, 1.807) is 62.0 Å². The van der Waals surface area contributed by atoms with Crippen molar-refractivity contribution in [2.24, 2.45) is 0 Å². The minimum absolute atomic E-state index is 0. The number of ether oxygens (including phenoxy) is 2. The quantitative estimate of drug-likeness (QED) is 0.138. The number of nitrogens with zero attached hydrogens (tertiary/aromatic N) is 8. The van der Waals surface area contributed by atoms with Gasteiger partial charge < -0.3 is 43.5 Å². The Morgan fingerprint density at radius 3 is 0.914 bits per heavy atom. The predicted molar refractivity (Wildman–Crippen MR) is 115 cm³/mol. The van der Waals surface area contributed by atoms with Gasteiger partial charge in [-0.3, -0.25) is 0 Å². The van der Waals surface area contributed by atoms with Crippen molar-refractivity contribution in [2.75, 3.05) is 13.2 Å². The summed E-state index contributed by atoms with van der Waals surface area (Å²) in [5.74, 6) is 2.62. The number of allylic oxidation sites excluding steroid dienone is 4. The minimum Gasteiger partial charge on any atom is -0.762 e. The summed E-state index contributed by atoms with van der Waals surface area (Å²) >= 11 is 0. The summed E-state index contributed by atoms with van der Waals surface area (Å²) in [6.45, 7) is 3.60. The molecule has 0 saturated carbocycles. The zero-order valence-electron chi connectivity index (χ0n) is 18.1. The van der Waals surface area contributed by atoms with Crippen molar-refractivity contribution in [3.05, 3.63) is 56.9 Å². The molecule has 14 nitrogen and oxygen atoms in total. The first-order valence-corrected chi connectivity index (χ1v) is 7.19. The van der Waals surface area contributed by atoms with Crippen molar-refractivity contribution in [1.82, 2.24) is 0 Å². The van der Waals surface area contributed by atoms with E-state index in [4.69, 9.17) is 51.9 Å². The van der Waals surface area contributed by atoms with Gasteiger partial charge in [0.1, 0.15) is 47.6 Å². The van der Waals surface area contributed by atoms with Crippen molar-refractivity contribution in [1.29, 1.82) is 31.6 Å². The first-order chi connectivity index (χ1) is 13.5. The minimum atomic E-state index is -0.370. The van der Waals surface area contributed by atoms with Gasteiger partial charge in [-0.05, 0) is 13.8 Å². The molecule has 0 bridgehead atoms. The second-order valence-electron chi connectivity index (χ2n) is 3.92. The van der Waals surface area contributed by atoms with E-state index in [1.807, 2.05) is 0 Å². The van der Waals surface area contributed by atoms with Gasteiger partial charge >= 0.3 is 50.3 Å². The van der Waals surface area contributed by atoms with Gasteiger partial charge in [0.05, 0.1) is 13.2 Å². The van der Waals surface area contributed by atoms with E-state index in [-0.39, 0.29) is 121 Å². The molecule has 0 saturated heterocycles. The van der Waals surface area contributed by atoms with Crippen LogP contribution in [0.5, 0.6) is 0 Å². The molecule has 189 valence electrons. The average molecular weight is 617 g/mol. The molecule has 3 radical (unpaired) electrons. The molecule has 0 amide bonds. The van der Waals surface area contributed by atoms with E-state index in [1.165, 1.54) is 0 Å². The van der Waals surface area contributed by atoms with Crippen LogP contribution < -0.4 is 0 Å². The predicted octanol–water partition coefficient (Wildman–Crippen LogP) is 1.61. The van der Waals surface area contributed by atoms with Gasteiger partial charge in [0, 0.05) is 0 Å². The van der Waals surface area contributed by atoms with Gasteiger partial charge in [0.2, 0.25) is 0 Å². The Morgan fingerprint density at radius 2 is 0.800 bits per heavy atom. The second kappa shape index (κ2) is 37.6. The number of nitrogens with two attached hydrogens (primary N) is 2. The van der Waals surface area contributed by atoms with E-state index in [2.05, 4.69) is 0 Å². The molecule has 0 unspecified atom stereocenters. The van der Waals surface area contributed by atoms with Crippen LogP contribution in [0.15, 0.2) is 33.8 Å². The van der Waals surface area contributed by atoms with E-state index < -0.39 is 0 Å². The summed E-state index contributed by atoms with van der Waals surface area (Å²) in [5.41, 5.74) is -1.48. The Hall–Kier alpha value is -3.72. The molecule has 0 fully saturated rings. The van der Waals surface area contributed by atoms with Crippen LogP contribution in [0.4, 0.5) is 0 Å². The fourth-order valence-corrected chi connectivity index (χ4v) is 1.33. The molecule has 0 aliphatic heterocycles. The van der Waals surface area contributed by atoms with E-state index in [0.29, 0.717) is 0 Å². The summed E-state index contributed by atoms with van der Waals surface area (Å²) in [6, 6.07) is 9.34. The number of nitriles is 6. The van der Waals surface area contributed by atoms with E-state index in [9.17, 15) is 0 Å². The van der Waals surface area contributed by atoms with E-state index in [0.717, 1.165) is 0 Å². The molecular weight excluding hydrogens is 597 g/mol. The largest absolute Gasteiger partial charge is 2.00 e. The summed E-state index contributed by atoms with van der Waals surface area (Å²) in [6.07, 6.45) is 0. The molecule has 0 rings (SSSR count). The van der Waals surface area contributed by atoms with Crippen molar-refractivity contribution in [2.45, 2.75) is 13.8 Å². The number of rotatable bonds is 6. The zero-order chi connectivity index (χ0) is 21.9. The Kier molecular flexibility index (Phi) is 62.0. The van der Waals surface area contributed by atoms with Gasteiger partial charge in [0.25, 0.3) is 0 Å². The third kappa shape index (κ3) is 20.6. The maximum Gasteiger partial charge on any atom is 2.00 e. The first kappa shape index (κ1) is 57.8. The molecule has 0 atom stereocenters. The molecule has 0 heterocycles. The third-order valence-corrected chi connectivity index (χ3v) is 2.38. The maximum atomic E-state index is 8.52. The van der Waals surface area contributed by atoms with Gasteiger partial charge in [-0.25, -0.2) is 11.7 Å². The molecule has 35 heavy (non-hydrogen) atoms. The molecular formula is C18H20Co3N10O4+4. The Balaban J connectivity index is -0.0000000460. The Morgan fingerprint density at radius 1 is 0.571 bits per heavy atom. The van der Waals surface area contributed by atoms with Crippen LogP contribution in [-0.4, -0.2) is 25.0 Å². The fourth-order valence-electron chi connectivity index (χ4n) is 1.33. The van der Waals surface area contributed by atoms with Crippen molar-refractivity contribution in [3.63, 3.8) is 0 Å². The first-order valence-electron chi connectivity index (χ1n) is 7.19. The molecule has 0 spiro atoms. The maximum absolute atomic E-state index is 8.52. The normalized spacial score (nSPS) is 5.60. The van der Waals surface area contributed by atoms with Crippen LogP contribution in [0.3, 0.4) is 0 Å². The molecule has 0 aromatic heterocycles. The van der Waals surface area contributed by atoms with E-state index >= 15 is 0 Å².